The van der Waals surface area contributed by atoms with E-state index in [0.29, 0.717) is 12.2 Å². The summed E-state index contributed by atoms with van der Waals surface area (Å²) >= 11 is 0.932. The van der Waals surface area contributed by atoms with Crippen molar-refractivity contribution < 1.29 is 0 Å². The van der Waals surface area contributed by atoms with Crippen LogP contribution in [0.3, 0.4) is 0 Å². The van der Waals surface area contributed by atoms with Crippen molar-refractivity contribution in [2.45, 2.75) is 32.7 Å². The van der Waals surface area contributed by atoms with Gasteiger partial charge in [-0.1, -0.05) is 63.2 Å². The lowest BCUT2D eigenvalue weighted by Gasteiger charge is -2.19. The van der Waals surface area contributed by atoms with Gasteiger partial charge in [-0.3, -0.25) is 4.79 Å². The first-order valence-corrected chi connectivity index (χ1v) is 8.61. The molecule has 0 unspecified atom stereocenters. The van der Waals surface area contributed by atoms with E-state index < -0.39 is 0 Å². The van der Waals surface area contributed by atoms with E-state index in [1.54, 1.807) is 0 Å². The van der Waals surface area contributed by atoms with Gasteiger partial charge in [-0.05, 0) is 28.7 Å². The predicted octanol–water partition coefficient (Wildman–Crippen LogP) is 3.41. The summed E-state index contributed by atoms with van der Waals surface area (Å²) in [5.74, 6) is 0. The number of aromatic nitrogens is 2. The van der Waals surface area contributed by atoms with Crippen molar-refractivity contribution in [2.75, 3.05) is 0 Å². The fourth-order valence-corrected chi connectivity index (χ4v) is 3.31. The van der Waals surface area contributed by atoms with Gasteiger partial charge in [-0.25, -0.2) is 13.3 Å². The number of nitrogens with zero attached hydrogens (tertiary/aromatic N) is 2. The molecule has 0 aliphatic rings. The maximum absolute atomic E-state index is 12.6. The van der Waals surface area contributed by atoms with Crippen LogP contribution in [0.4, 0.5) is 0 Å². The van der Waals surface area contributed by atoms with Gasteiger partial charge in [0.2, 0.25) is 0 Å². The summed E-state index contributed by atoms with van der Waals surface area (Å²) in [6, 6.07) is 17.3. The monoisotopic (exact) mass is 340 g/mol. The molecule has 0 aliphatic carbocycles. The smallest absolute Gasteiger partial charge is 0.255 e. The lowest BCUT2D eigenvalue weighted by molar-refractivity contribution is 0.589. The molecule has 2 aromatic carbocycles. The van der Waals surface area contributed by atoms with Crippen molar-refractivity contribution in [3.8, 4) is 5.69 Å². The van der Waals surface area contributed by atoms with E-state index in [9.17, 15) is 9.59 Å². The molecule has 0 N–H and O–H groups in total. The highest BCUT2D eigenvalue weighted by Crippen LogP contribution is 2.22. The summed E-state index contributed by atoms with van der Waals surface area (Å²) in [7, 11) is 0. The molecule has 124 valence electrons. The van der Waals surface area contributed by atoms with Crippen molar-refractivity contribution in [1.29, 1.82) is 0 Å². The molecule has 0 bridgehead atoms. The Balaban J connectivity index is 1.93. The second kappa shape index (κ2) is 6.24. The average Bonchev–Trinajstić information content (AvgIpc) is 2.83. The van der Waals surface area contributed by atoms with Gasteiger partial charge >= 0.3 is 10.6 Å². The van der Waals surface area contributed by atoms with Crippen molar-refractivity contribution in [3.63, 3.8) is 0 Å². The Morgan fingerprint density at radius 3 is 2.12 bits per heavy atom. The third kappa shape index (κ3) is 3.26. The van der Waals surface area contributed by atoms with Gasteiger partial charge in [0, 0.05) is 11.5 Å². The van der Waals surface area contributed by atoms with Gasteiger partial charge < -0.3 is 0 Å². The number of hydrogen-bond donors (Lipinski definition) is 0. The lowest BCUT2D eigenvalue weighted by atomic mass is 9.87. The van der Waals surface area contributed by atoms with E-state index in [-0.39, 0.29) is 16.0 Å². The molecule has 0 atom stereocenters. The van der Waals surface area contributed by atoms with Crippen LogP contribution in [-0.2, 0) is 12.0 Å². The molecule has 0 radical (unpaired) electrons. The molecule has 0 fully saturated rings. The zero-order chi connectivity index (χ0) is 17.3. The molecule has 1 aromatic heterocycles. The van der Waals surface area contributed by atoms with Crippen molar-refractivity contribution >= 4 is 11.5 Å². The number of hydrogen-bond acceptors (Lipinski definition) is 3. The molecular formula is C19H20N2O2S. The van der Waals surface area contributed by atoms with Crippen LogP contribution >= 0.6 is 11.5 Å². The van der Waals surface area contributed by atoms with Crippen LogP contribution in [0, 0.1) is 0 Å². The molecular weight excluding hydrogens is 320 g/mol. The fraction of sp³-hybridized carbons (Fsp3) is 0.263. The highest BCUT2D eigenvalue weighted by molar-refractivity contribution is 7.03. The van der Waals surface area contributed by atoms with Gasteiger partial charge in [-0.15, -0.1) is 0 Å². The summed E-state index contributed by atoms with van der Waals surface area (Å²) in [6.07, 6.45) is 0. The van der Waals surface area contributed by atoms with Gasteiger partial charge in [0.25, 0.3) is 0 Å². The second-order valence-electron chi connectivity index (χ2n) is 6.80. The van der Waals surface area contributed by atoms with Crippen LogP contribution in [-0.4, -0.2) is 8.52 Å². The van der Waals surface area contributed by atoms with Crippen molar-refractivity contribution in [3.05, 3.63) is 85.9 Å². The largest absolute Gasteiger partial charge is 0.346 e. The van der Waals surface area contributed by atoms with E-state index in [0.717, 1.165) is 17.1 Å². The van der Waals surface area contributed by atoms with Crippen molar-refractivity contribution in [2.24, 2.45) is 0 Å². The Morgan fingerprint density at radius 2 is 1.54 bits per heavy atom. The molecule has 24 heavy (non-hydrogen) atoms. The fourth-order valence-electron chi connectivity index (χ4n) is 2.51. The number of para-hydroxylation sites is 1. The average molecular weight is 340 g/mol. The maximum Gasteiger partial charge on any atom is 0.346 e. The minimum atomic E-state index is -0.295. The number of rotatable bonds is 3. The van der Waals surface area contributed by atoms with E-state index in [4.69, 9.17) is 0 Å². The predicted molar refractivity (Wildman–Crippen MR) is 98.4 cm³/mol. The molecule has 3 rings (SSSR count). The Labute approximate surface area is 144 Å². The summed E-state index contributed by atoms with van der Waals surface area (Å²) in [4.78, 5) is 24.5. The third-order valence-electron chi connectivity index (χ3n) is 3.95. The summed E-state index contributed by atoms with van der Waals surface area (Å²) in [6.45, 7) is 6.76. The van der Waals surface area contributed by atoms with E-state index >= 15 is 0 Å². The quantitative estimate of drug-likeness (QED) is 0.733. The molecule has 0 aliphatic heterocycles. The minimum Gasteiger partial charge on any atom is -0.255 e. The van der Waals surface area contributed by atoms with Gasteiger partial charge in [-0.2, -0.15) is 0 Å². The van der Waals surface area contributed by atoms with Crippen LogP contribution in [0.15, 0.2) is 64.2 Å². The van der Waals surface area contributed by atoms with E-state index in [1.165, 1.54) is 14.1 Å². The van der Waals surface area contributed by atoms with E-state index in [2.05, 4.69) is 32.9 Å². The van der Waals surface area contributed by atoms with Gasteiger partial charge in [0.15, 0.2) is 0 Å². The van der Waals surface area contributed by atoms with Crippen LogP contribution in [0.2, 0.25) is 0 Å². The summed E-state index contributed by atoms with van der Waals surface area (Å²) < 4.78 is 2.72. The minimum absolute atomic E-state index is 0.0811. The first kappa shape index (κ1) is 16.5. The van der Waals surface area contributed by atoms with Crippen LogP contribution < -0.4 is 10.6 Å². The lowest BCUT2D eigenvalue weighted by Crippen LogP contribution is -2.28. The molecule has 1 heterocycles. The second-order valence-corrected chi connectivity index (χ2v) is 7.70. The first-order chi connectivity index (χ1) is 11.4. The molecule has 0 spiro atoms. The highest BCUT2D eigenvalue weighted by atomic mass is 32.1. The Bertz CT molecular complexity index is 942. The summed E-state index contributed by atoms with van der Waals surface area (Å²) in [5, 5.41) is 0. The van der Waals surface area contributed by atoms with Crippen LogP contribution in [0.5, 0.6) is 0 Å². The molecule has 0 amide bonds. The standard InChI is InChI=1S/C19H20N2O2S/c1-19(2,3)15-11-9-14(10-12-15)13-20-17(22)21(24-18(20)23)16-7-5-4-6-8-16/h4-12H,13H2,1-3H3. The van der Waals surface area contributed by atoms with Gasteiger partial charge in [0.05, 0.1) is 12.2 Å². The first-order valence-electron chi connectivity index (χ1n) is 7.84. The SMILES string of the molecule is CC(C)(C)c1ccc(Cn2c(=O)sn(-c3ccccc3)c2=O)cc1. The van der Waals surface area contributed by atoms with Crippen LogP contribution in [0.1, 0.15) is 31.9 Å². The zero-order valence-corrected chi connectivity index (χ0v) is 14.8. The molecule has 0 saturated heterocycles. The van der Waals surface area contributed by atoms with Crippen LogP contribution in [0.25, 0.3) is 5.69 Å². The normalized spacial score (nSPS) is 11.6. The third-order valence-corrected chi connectivity index (χ3v) is 4.87. The number of benzene rings is 2. The Hall–Kier alpha value is -2.40. The highest BCUT2D eigenvalue weighted by Gasteiger charge is 2.14. The zero-order valence-electron chi connectivity index (χ0n) is 14.0. The topological polar surface area (TPSA) is 44.0 Å². The maximum atomic E-state index is 12.6. The summed E-state index contributed by atoms with van der Waals surface area (Å²) in [5.41, 5.74) is 2.67. The molecule has 3 aromatic rings. The van der Waals surface area contributed by atoms with Crippen molar-refractivity contribution in [1.82, 2.24) is 8.52 Å². The Morgan fingerprint density at radius 1 is 0.917 bits per heavy atom. The van der Waals surface area contributed by atoms with Gasteiger partial charge in [0.1, 0.15) is 0 Å². The Kier molecular flexibility index (Phi) is 4.28. The molecule has 0 saturated carbocycles. The molecule has 4 nitrogen and oxygen atoms in total. The molecule has 5 heteroatoms. The van der Waals surface area contributed by atoms with E-state index in [1.807, 2.05) is 42.5 Å².